The summed E-state index contributed by atoms with van der Waals surface area (Å²) in [5, 5.41) is 3.77. The first-order valence-corrected chi connectivity index (χ1v) is 9.03. The first-order chi connectivity index (χ1) is 10.3. The van der Waals surface area contributed by atoms with Crippen molar-refractivity contribution in [3.63, 3.8) is 0 Å². The van der Waals surface area contributed by atoms with Gasteiger partial charge in [0.15, 0.2) is 0 Å². The summed E-state index contributed by atoms with van der Waals surface area (Å²) in [6, 6.07) is 0.840. The van der Waals surface area contributed by atoms with Crippen LogP contribution in [0, 0.1) is 17.8 Å². The molecule has 0 aromatic carbocycles. The molecule has 21 heavy (non-hydrogen) atoms. The van der Waals surface area contributed by atoms with Crippen molar-refractivity contribution in [1.82, 2.24) is 14.9 Å². The van der Waals surface area contributed by atoms with Gasteiger partial charge in [-0.3, -0.25) is 0 Å². The second-order valence-corrected chi connectivity index (χ2v) is 7.12. The average Bonchev–Trinajstić information content (AvgIpc) is 3.24. The van der Waals surface area contributed by atoms with Crippen molar-refractivity contribution in [2.45, 2.75) is 71.4 Å². The Morgan fingerprint density at radius 1 is 1.19 bits per heavy atom. The van der Waals surface area contributed by atoms with Crippen molar-refractivity contribution in [2.75, 3.05) is 6.54 Å². The molecule has 0 aliphatic heterocycles. The maximum Gasteiger partial charge on any atom is 0.108 e. The van der Waals surface area contributed by atoms with Crippen molar-refractivity contribution in [3.05, 3.63) is 18.2 Å². The minimum atomic E-state index is 0.822. The quantitative estimate of drug-likeness (QED) is 0.830. The number of hydrogen-bond donors (Lipinski definition) is 1. The maximum atomic E-state index is 4.62. The molecule has 118 valence electrons. The van der Waals surface area contributed by atoms with E-state index in [1.165, 1.54) is 57.3 Å². The molecule has 1 aromatic heterocycles. The topological polar surface area (TPSA) is 29.9 Å². The van der Waals surface area contributed by atoms with Gasteiger partial charge >= 0.3 is 0 Å². The second-order valence-electron chi connectivity index (χ2n) is 7.12. The van der Waals surface area contributed by atoms with Crippen molar-refractivity contribution in [1.29, 1.82) is 0 Å². The molecule has 2 saturated carbocycles. The largest absolute Gasteiger partial charge is 0.335 e. The molecule has 1 aromatic rings. The molecule has 0 spiro atoms. The molecule has 2 aliphatic carbocycles. The van der Waals surface area contributed by atoms with Crippen molar-refractivity contribution >= 4 is 0 Å². The second kappa shape index (κ2) is 6.95. The zero-order chi connectivity index (χ0) is 14.7. The van der Waals surface area contributed by atoms with Gasteiger partial charge in [-0.05, 0) is 56.9 Å². The summed E-state index contributed by atoms with van der Waals surface area (Å²) in [5.41, 5.74) is 0. The first-order valence-electron chi connectivity index (χ1n) is 9.03. The summed E-state index contributed by atoms with van der Waals surface area (Å²) >= 11 is 0. The van der Waals surface area contributed by atoms with Crippen LogP contribution in [0.3, 0.4) is 0 Å². The van der Waals surface area contributed by atoms with Gasteiger partial charge in [0.25, 0.3) is 0 Å². The Morgan fingerprint density at radius 2 is 2.05 bits per heavy atom. The van der Waals surface area contributed by atoms with Gasteiger partial charge in [0.2, 0.25) is 0 Å². The summed E-state index contributed by atoms with van der Waals surface area (Å²) in [6.07, 6.45) is 13.7. The van der Waals surface area contributed by atoms with E-state index in [1.807, 2.05) is 6.20 Å². The third-order valence-electron chi connectivity index (χ3n) is 5.66. The van der Waals surface area contributed by atoms with E-state index in [0.717, 1.165) is 30.3 Å². The lowest BCUT2D eigenvalue weighted by atomic mass is 9.71. The summed E-state index contributed by atoms with van der Waals surface area (Å²) in [4.78, 5) is 4.62. The van der Waals surface area contributed by atoms with Gasteiger partial charge in [-0.15, -0.1) is 0 Å². The van der Waals surface area contributed by atoms with Gasteiger partial charge in [0.1, 0.15) is 5.82 Å². The zero-order valence-corrected chi connectivity index (χ0v) is 13.7. The SMILES string of the molecule is CCC1CCC(CNC2CC2)C(Cc2nccn2CC)C1. The van der Waals surface area contributed by atoms with Crippen LogP contribution in [0.2, 0.25) is 0 Å². The molecule has 3 nitrogen and oxygen atoms in total. The molecule has 2 fully saturated rings. The third kappa shape index (κ3) is 3.88. The van der Waals surface area contributed by atoms with Crippen LogP contribution >= 0.6 is 0 Å². The normalized spacial score (nSPS) is 29.7. The molecule has 3 atom stereocenters. The number of nitrogens with zero attached hydrogens (tertiary/aromatic N) is 2. The van der Waals surface area contributed by atoms with E-state index in [0.29, 0.717) is 0 Å². The number of rotatable bonds is 7. The number of hydrogen-bond acceptors (Lipinski definition) is 2. The summed E-state index contributed by atoms with van der Waals surface area (Å²) in [5.74, 6) is 3.92. The lowest BCUT2D eigenvalue weighted by Gasteiger charge is -2.36. The smallest absolute Gasteiger partial charge is 0.108 e. The maximum absolute atomic E-state index is 4.62. The Labute approximate surface area is 129 Å². The minimum Gasteiger partial charge on any atom is -0.335 e. The summed E-state index contributed by atoms with van der Waals surface area (Å²) in [7, 11) is 0. The fourth-order valence-corrected chi connectivity index (χ4v) is 3.97. The molecule has 1 heterocycles. The molecule has 0 saturated heterocycles. The Hall–Kier alpha value is -0.830. The highest BCUT2D eigenvalue weighted by atomic mass is 15.1. The molecule has 1 N–H and O–H groups in total. The molecule has 3 heteroatoms. The van der Waals surface area contributed by atoms with Crippen LogP contribution in [0.5, 0.6) is 0 Å². The number of nitrogens with one attached hydrogen (secondary N) is 1. The van der Waals surface area contributed by atoms with Gasteiger partial charge in [-0.1, -0.05) is 19.8 Å². The highest BCUT2D eigenvalue weighted by Crippen LogP contribution is 2.37. The highest BCUT2D eigenvalue weighted by molar-refractivity contribution is 4.97. The summed E-state index contributed by atoms with van der Waals surface area (Å²) < 4.78 is 2.32. The van der Waals surface area contributed by atoms with Crippen LogP contribution < -0.4 is 5.32 Å². The van der Waals surface area contributed by atoms with Crippen LogP contribution in [0.15, 0.2) is 12.4 Å². The number of aromatic nitrogens is 2. The van der Waals surface area contributed by atoms with Gasteiger partial charge in [0, 0.05) is 31.4 Å². The van der Waals surface area contributed by atoms with E-state index in [2.05, 4.69) is 34.9 Å². The van der Waals surface area contributed by atoms with Gasteiger partial charge in [-0.2, -0.15) is 0 Å². The van der Waals surface area contributed by atoms with Crippen molar-refractivity contribution in [3.8, 4) is 0 Å². The Morgan fingerprint density at radius 3 is 2.76 bits per heavy atom. The van der Waals surface area contributed by atoms with Crippen LogP contribution in [0.25, 0.3) is 0 Å². The predicted octanol–water partition coefficient (Wildman–Crippen LogP) is 3.64. The minimum absolute atomic E-state index is 0.822. The van der Waals surface area contributed by atoms with Crippen molar-refractivity contribution < 1.29 is 0 Å². The average molecular weight is 289 g/mol. The highest BCUT2D eigenvalue weighted by Gasteiger charge is 2.32. The summed E-state index contributed by atoms with van der Waals surface area (Å²) in [6.45, 7) is 6.85. The van der Waals surface area contributed by atoms with Crippen LogP contribution in [-0.2, 0) is 13.0 Å². The van der Waals surface area contributed by atoms with E-state index in [-0.39, 0.29) is 0 Å². The Kier molecular flexibility index (Phi) is 4.99. The molecular formula is C18H31N3. The molecule has 2 aliphatic rings. The Bertz CT molecular complexity index is 435. The fourth-order valence-electron chi connectivity index (χ4n) is 3.97. The van der Waals surface area contributed by atoms with E-state index < -0.39 is 0 Å². The van der Waals surface area contributed by atoms with E-state index in [1.54, 1.807) is 0 Å². The standard InChI is InChI=1S/C18H31N3/c1-3-14-5-6-15(13-20-17-7-8-17)16(11-14)12-18-19-9-10-21(18)4-2/h9-10,14-17,20H,3-8,11-13H2,1-2H3. The number of imidazole rings is 1. The lowest BCUT2D eigenvalue weighted by molar-refractivity contribution is 0.168. The molecular weight excluding hydrogens is 258 g/mol. The fraction of sp³-hybridized carbons (Fsp3) is 0.833. The predicted molar refractivity (Wildman–Crippen MR) is 87.2 cm³/mol. The molecule has 0 radical (unpaired) electrons. The van der Waals surface area contributed by atoms with Crippen molar-refractivity contribution in [2.24, 2.45) is 17.8 Å². The zero-order valence-electron chi connectivity index (χ0n) is 13.7. The van der Waals surface area contributed by atoms with Gasteiger partial charge < -0.3 is 9.88 Å². The lowest BCUT2D eigenvalue weighted by Crippen LogP contribution is -2.35. The van der Waals surface area contributed by atoms with E-state index >= 15 is 0 Å². The van der Waals surface area contributed by atoms with Gasteiger partial charge in [0.05, 0.1) is 0 Å². The number of aryl methyl sites for hydroxylation is 1. The molecule has 3 unspecified atom stereocenters. The molecule has 3 rings (SSSR count). The van der Waals surface area contributed by atoms with E-state index in [4.69, 9.17) is 0 Å². The van der Waals surface area contributed by atoms with Crippen LogP contribution in [0.1, 0.15) is 58.2 Å². The third-order valence-corrected chi connectivity index (χ3v) is 5.66. The van der Waals surface area contributed by atoms with Gasteiger partial charge in [-0.25, -0.2) is 4.98 Å². The van der Waals surface area contributed by atoms with Crippen LogP contribution in [-0.4, -0.2) is 22.1 Å². The Balaban J connectivity index is 1.63. The first kappa shape index (κ1) is 15.1. The molecule has 0 amide bonds. The molecule has 0 bridgehead atoms. The van der Waals surface area contributed by atoms with Crippen LogP contribution in [0.4, 0.5) is 0 Å². The van der Waals surface area contributed by atoms with E-state index in [9.17, 15) is 0 Å². The monoisotopic (exact) mass is 289 g/mol.